The van der Waals surface area contributed by atoms with Crippen molar-refractivity contribution in [2.75, 3.05) is 26.3 Å². The maximum absolute atomic E-state index is 5.64. The maximum atomic E-state index is 5.64. The molecule has 1 unspecified atom stereocenters. The summed E-state index contributed by atoms with van der Waals surface area (Å²) in [4.78, 5) is 2.60. The molecule has 1 atom stereocenters. The zero-order chi connectivity index (χ0) is 17.3. The highest BCUT2D eigenvalue weighted by Crippen LogP contribution is 2.16. The summed E-state index contributed by atoms with van der Waals surface area (Å²) in [5.74, 6) is 0. The normalized spacial score (nSPS) is 19.0. The highest BCUT2D eigenvalue weighted by molar-refractivity contribution is 4.74. The molecule has 0 saturated carbocycles. The SMILES string of the molecule is CCCCCCCCCCCCCCCCC1COCCN1CC. The Balaban J connectivity index is 1.77. The van der Waals surface area contributed by atoms with Gasteiger partial charge in [-0.3, -0.25) is 4.90 Å². The quantitative estimate of drug-likeness (QED) is 0.294. The van der Waals surface area contributed by atoms with Gasteiger partial charge in [0.2, 0.25) is 0 Å². The lowest BCUT2D eigenvalue weighted by Gasteiger charge is -2.34. The molecule has 0 aliphatic carbocycles. The molecular weight excluding hydrogens is 294 g/mol. The van der Waals surface area contributed by atoms with E-state index in [4.69, 9.17) is 4.74 Å². The smallest absolute Gasteiger partial charge is 0.0622 e. The number of rotatable bonds is 16. The summed E-state index contributed by atoms with van der Waals surface area (Å²) in [7, 11) is 0. The lowest BCUT2D eigenvalue weighted by atomic mass is 10.0. The van der Waals surface area contributed by atoms with Crippen LogP contribution in [-0.2, 0) is 4.74 Å². The second kappa shape index (κ2) is 16.4. The first-order chi connectivity index (χ1) is 11.9. The number of nitrogens with zero attached hydrogens (tertiary/aromatic N) is 1. The van der Waals surface area contributed by atoms with Gasteiger partial charge < -0.3 is 4.74 Å². The van der Waals surface area contributed by atoms with E-state index in [0.717, 1.165) is 19.8 Å². The van der Waals surface area contributed by atoms with Crippen LogP contribution in [0.25, 0.3) is 0 Å². The summed E-state index contributed by atoms with van der Waals surface area (Å²) < 4.78 is 5.64. The van der Waals surface area contributed by atoms with E-state index in [9.17, 15) is 0 Å². The van der Waals surface area contributed by atoms with E-state index in [1.54, 1.807) is 0 Å². The van der Waals surface area contributed by atoms with Crippen molar-refractivity contribution in [2.45, 2.75) is 116 Å². The van der Waals surface area contributed by atoms with Crippen molar-refractivity contribution in [1.29, 1.82) is 0 Å². The van der Waals surface area contributed by atoms with E-state index in [0.29, 0.717) is 6.04 Å². The second-order valence-corrected chi connectivity index (χ2v) is 7.74. The van der Waals surface area contributed by atoms with E-state index >= 15 is 0 Å². The topological polar surface area (TPSA) is 12.5 Å². The van der Waals surface area contributed by atoms with Crippen LogP contribution in [0, 0.1) is 0 Å². The lowest BCUT2D eigenvalue weighted by Crippen LogP contribution is -2.45. The van der Waals surface area contributed by atoms with E-state index in [1.165, 1.54) is 103 Å². The van der Waals surface area contributed by atoms with Crippen LogP contribution in [0.4, 0.5) is 0 Å². The molecule has 0 spiro atoms. The molecule has 144 valence electrons. The third-order valence-electron chi connectivity index (χ3n) is 5.65. The average Bonchev–Trinajstić information content (AvgIpc) is 2.62. The van der Waals surface area contributed by atoms with Crippen LogP contribution in [0.15, 0.2) is 0 Å². The zero-order valence-corrected chi connectivity index (χ0v) is 16.9. The van der Waals surface area contributed by atoms with Gasteiger partial charge in [0, 0.05) is 12.6 Å². The molecule has 0 bridgehead atoms. The van der Waals surface area contributed by atoms with Gasteiger partial charge in [-0.2, -0.15) is 0 Å². The molecule has 0 aromatic heterocycles. The van der Waals surface area contributed by atoms with E-state index in [2.05, 4.69) is 18.7 Å². The number of hydrogen-bond donors (Lipinski definition) is 0. The fourth-order valence-corrected chi connectivity index (χ4v) is 3.95. The lowest BCUT2D eigenvalue weighted by molar-refractivity contribution is -0.00848. The van der Waals surface area contributed by atoms with Gasteiger partial charge in [0.05, 0.1) is 13.2 Å². The van der Waals surface area contributed by atoms with Gasteiger partial charge in [-0.25, -0.2) is 0 Å². The summed E-state index contributed by atoms with van der Waals surface area (Å²) in [5, 5.41) is 0. The summed E-state index contributed by atoms with van der Waals surface area (Å²) in [5.41, 5.74) is 0. The Morgan fingerprint density at radius 2 is 1.21 bits per heavy atom. The van der Waals surface area contributed by atoms with Crippen molar-refractivity contribution in [2.24, 2.45) is 0 Å². The molecule has 0 aromatic carbocycles. The Morgan fingerprint density at radius 1 is 0.708 bits per heavy atom. The number of hydrogen-bond acceptors (Lipinski definition) is 2. The third-order valence-corrected chi connectivity index (χ3v) is 5.65. The minimum absolute atomic E-state index is 0.695. The molecule has 1 rings (SSSR count). The number of unbranched alkanes of at least 4 members (excludes halogenated alkanes) is 13. The molecular formula is C22H45NO. The van der Waals surface area contributed by atoms with Gasteiger partial charge in [0.25, 0.3) is 0 Å². The van der Waals surface area contributed by atoms with Gasteiger partial charge in [-0.05, 0) is 13.0 Å². The molecule has 1 aliphatic heterocycles. The Bertz CT molecular complexity index is 256. The zero-order valence-electron chi connectivity index (χ0n) is 16.9. The van der Waals surface area contributed by atoms with Crippen LogP contribution >= 0.6 is 0 Å². The number of likely N-dealkylation sites (N-methyl/N-ethyl adjacent to an activating group) is 1. The van der Waals surface area contributed by atoms with E-state index in [1.807, 2.05) is 0 Å². The van der Waals surface area contributed by atoms with Crippen molar-refractivity contribution in [1.82, 2.24) is 4.90 Å². The summed E-state index contributed by atoms with van der Waals surface area (Å²) in [6.07, 6.45) is 21.6. The van der Waals surface area contributed by atoms with Gasteiger partial charge in [-0.15, -0.1) is 0 Å². The first-order valence-corrected chi connectivity index (χ1v) is 11.2. The molecule has 1 aliphatic rings. The molecule has 0 aromatic rings. The molecule has 1 saturated heterocycles. The fourth-order valence-electron chi connectivity index (χ4n) is 3.95. The van der Waals surface area contributed by atoms with Crippen molar-refractivity contribution in [3.8, 4) is 0 Å². The minimum atomic E-state index is 0.695. The molecule has 0 N–H and O–H groups in total. The van der Waals surface area contributed by atoms with Gasteiger partial charge in [0.1, 0.15) is 0 Å². The van der Waals surface area contributed by atoms with Gasteiger partial charge in [-0.1, -0.05) is 104 Å². The Kier molecular flexibility index (Phi) is 15.0. The molecule has 1 heterocycles. The van der Waals surface area contributed by atoms with Crippen LogP contribution in [0.3, 0.4) is 0 Å². The third kappa shape index (κ3) is 11.5. The van der Waals surface area contributed by atoms with Crippen LogP contribution in [0.5, 0.6) is 0 Å². The standard InChI is InChI=1S/C22H45NO/c1-3-5-6-7-8-9-10-11-12-13-14-15-16-17-18-22-21-24-20-19-23(22)4-2/h22H,3-21H2,1-2H3. The Hall–Kier alpha value is -0.0800. The predicted molar refractivity (Wildman–Crippen MR) is 107 cm³/mol. The highest BCUT2D eigenvalue weighted by atomic mass is 16.5. The predicted octanol–water partition coefficient (Wildman–Crippen LogP) is 6.58. The second-order valence-electron chi connectivity index (χ2n) is 7.74. The maximum Gasteiger partial charge on any atom is 0.0622 e. The van der Waals surface area contributed by atoms with Crippen molar-refractivity contribution >= 4 is 0 Å². The highest BCUT2D eigenvalue weighted by Gasteiger charge is 2.20. The van der Waals surface area contributed by atoms with E-state index < -0.39 is 0 Å². The molecule has 1 fully saturated rings. The van der Waals surface area contributed by atoms with Crippen LogP contribution in [-0.4, -0.2) is 37.2 Å². The Morgan fingerprint density at radius 3 is 1.71 bits per heavy atom. The summed E-state index contributed by atoms with van der Waals surface area (Å²) >= 11 is 0. The Labute approximate surface area is 152 Å². The fraction of sp³-hybridized carbons (Fsp3) is 1.00. The number of morpholine rings is 1. The van der Waals surface area contributed by atoms with Crippen LogP contribution < -0.4 is 0 Å². The van der Waals surface area contributed by atoms with Crippen LogP contribution in [0.1, 0.15) is 110 Å². The van der Waals surface area contributed by atoms with Crippen LogP contribution in [0.2, 0.25) is 0 Å². The summed E-state index contributed by atoms with van der Waals surface area (Å²) in [6.45, 7) is 8.80. The minimum Gasteiger partial charge on any atom is -0.378 e. The monoisotopic (exact) mass is 339 g/mol. The molecule has 0 amide bonds. The van der Waals surface area contributed by atoms with Crippen molar-refractivity contribution in [3.63, 3.8) is 0 Å². The molecule has 2 heteroatoms. The van der Waals surface area contributed by atoms with Crippen molar-refractivity contribution in [3.05, 3.63) is 0 Å². The van der Waals surface area contributed by atoms with Gasteiger partial charge in [0.15, 0.2) is 0 Å². The van der Waals surface area contributed by atoms with Gasteiger partial charge >= 0.3 is 0 Å². The largest absolute Gasteiger partial charge is 0.378 e. The van der Waals surface area contributed by atoms with E-state index in [-0.39, 0.29) is 0 Å². The number of ether oxygens (including phenoxy) is 1. The van der Waals surface area contributed by atoms with Crippen molar-refractivity contribution < 1.29 is 4.74 Å². The first-order valence-electron chi connectivity index (χ1n) is 11.2. The molecule has 24 heavy (non-hydrogen) atoms. The average molecular weight is 340 g/mol. The molecule has 0 radical (unpaired) electrons. The molecule has 2 nitrogen and oxygen atoms in total. The summed E-state index contributed by atoms with van der Waals surface area (Å²) in [6, 6.07) is 0.695. The first kappa shape index (κ1) is 22.0.